The van der Waals surface area contributed by atoms with Gasteiger partial charge in [-0.1, -0.05) is 34.1 Å². The summed E-state index contributed by atoms with van der Waals surface area (Å²) in [6.07, 6.45) is 5.15. The number of unbranched alkanes of at least 4 members (excludes halogenated alkanes) is 2. The van der Waals surface area contributed by atoms with E-state index >= 15 is 0 Å². The summed E-state index contributed by atoms with van der Waals surface area (Å²) in [6.45, 7) is 19.6. The normalized spacial score (nSPS) is 12.6. The molecule has 2 amide bonds. The van der Waals surface area contributed by atoms with Gasteiger partial charge in [0, 0.05) is 32.0 Å². The highest BCUT2D eigenvalue weighted by atomic mass is 16.6. The van der Waals surface area contributed by atoms with Crippen molar-refractivity contribution in [2.24, 2.45) is 17.6 Å². The van der Waals surface area contributed by atoms with Crippen LogP contribution in [0, 0.1) is 11.8 Å². The summed E-state index contributed by atoms with van der Waals surface area (Å²) >= 11 is 0. The van der Waals surface area contributed by atoms with Crippen LogP contribution in [-0.4, -0.2) is 182 Å². The Bertz CT molecular complexity index is 921. The second-order valence-electron chi connectivity index (χ2n) is 14.0. The van der Waals surface area contributed by atoms with E-state index in [0.717, 1.165) is 25.9 Å². The summed E-state index contributed by atoms with van der Waals surface area (Å²) in [5, 5.41) is 5.67. The summed E-state index contributed by atoms with van der Waals surface area (Å²) in [6, 6.07) is -0.609. The van der Waals surface area contributed by atoms with E-state index in [2.05, 4.69) is 31.4 Å². The minimum Gasteiger partial charge on any atom is -0.379 e. The first-order valence-electron chi connectivity index (χ1n) is 21.5. The van der Waals surface area contributed by atoms with Crippen molar-refractivity contribution in [2.45, 2.75) is 78.7 Å². The largest absolute Gasteiger partial charge is 0.379 e. The maximum absolute atomic E-state index is 12.4. The number of amides is 2. The molecule has 0 radical (unpaired) electrons. The Balaban J connectivity index is 3.31. The number of hydrogen-bond acceptors (Lipinski definition) is 15. The van der Waals surface area contributed by atoms with Gasteiger partial charge in [-0.3, -0.25) is 14.4 Å². The van der Waals surface area contributed by atoms with Crippen molar-refractivity contribution in [3.8, 4) is 0 Å². The molecule has 58 heavy (non-hydrogen) atoms. The van der Waals surface area contributed by atoms with Crippen molar-refractivity contribution in [3.05, 3.63) is 0 Å². The summed E-state index contributed by atoms with van der Waals surface area (Å²) in [5.41, 5.74) is 6.03. The highest BCUT2D eigenvalue weighted by Gasteiger charge is 2.21. The van der Waals surface area contributed by atoms with Gasteiger partial charge in [0.25, 0.3) is 0 Å². The van der Waals surface area contributed by atoms with E-state index < -0.39 is 12.0 Å². The minimum atomic E-state index is -0.609. The van der Waals surface area contributed by atoms with E-state index in [1.807, 2.05) is 0 Å². The van der Waals surface area contributed by atoms with Crippen molar-refractivity contribution >= 4 is 17.6 Å². The third kappa shape index (κ3) is 42.3. The summed E-state index contributed by atoms with van der Waals surface area (Å²) < 4.78 is 60.0. The fraction of sp³-hybridized carbons (Fsp3) is 0.927. The zero-order chi connectivity index (χ0) is 42.6. The Kier molecular flexibility index (Phi) is 43.2. The molecular weight excluding hydrogens is 758 g/mol. The maximum Gasteiger partial charge on any atom is 0.245 e. The second-order valence-corrected chi connectivity index (χ2v) is 14.0. The lowest BCUT2D eigenvalue weighted by Gasteiger charge is -2.15. The quantitative estimate of drug-likeness (QED) is 0.0754. The number of hydrogen-bond donors (Lipinski definition) is 3. The van der Waals surface area contributed by atoms with Crippen LogP contribution in [0.25, 0.3) is 0 Å². The van der Waals surface area contributed by atoms with E-state index in [0.29, 0.717) is 170 Å². The zero-order valence-electron chi connectivity index (χ0n) is 36.4. The van der Waals surface area contributed by atoms with Gasteiger partial charge in [-0.15, -0.1) is 0 Å². The number of nitrogens with one attached hydrogen (secondary N) is 2. The zero-order valence-corrected chi connectivity index (χ0v) is 36.4. The van der Waals surface area contributed by atoms with Crippen LogP contribution >= 0.6 is 0 Å². The third-order valence-electron chi connectivity index (χ3n) is 8.25. The van der Waals surface area contributed by atoms with Gasteiger partial charge in [0.15, 0.2) is 0 Å². The SMILES string of the molecule is CCCCOCCOCCOCCOCCOCCOCCOCCOCCOCCOCCOCC(=O)NCCCCC(N)C(=O)CC(C)C(=O)NCCC(C)C. The molecule has 0 aliphatic rings. The predicted molar refractivity (Wildman–Crippen MR) is 220 cm³/mol. The number of carbonyl (C=O) groups is 3. The van der Waals surface area contributed by atoms with Crippen LogP contribution in [0.3, 0.4) is 0 Å². The van der Waals surface area contributed by atoms with Crippen LogP contribution in [0.1, 0.15) is 72.6 Å². The van der Waals surface area contributed by atoms with Gasteiger partial charge in [-0.05, 0) is 38.0 Å². The topological polar surface area (TPSA) is 203 Å². The van der Waals surface area contributed by atoms with E-state index in [9.17, 15) is 14.4 Å². The van der Waals surface area contributed by atoms with Gasteiger partial charge in [0.2, 0.25) is 11.8 Å². The Morgan fingerprint density at radius 3 is 1.22 bits per heavy atom. The second kappa shape index (κ2) is 44.7. The number of rotatable bonds is 47. The van der Waals surface area contributed by atoms with Crippen LogP contribution in [0.15, 0.2) is 0 Å². The first kappa shape index (κ1) is 56.1. The van der Waals surface area contributed by atoms with Crippen molar-refractivity contribution in [2.75, 3.05) is 158 Å². The Hall–Kier alpha value is -1.87. The number of nitrogens with two attached hydrogens (primary N) is 1. The highest BCUT2D eigenvalue weighted by Crippen LogP contribution is 2.09. The van der Waals surface area contributed by atoms with Gasteiger partial charge in [-0.25, -0.2) is 0 Å². The Morgan fingerprint density at radius 2 is 0.845 bits per heavy atom. The molecule has 0 heterocycles. The van der Waals surface area contributed by atoms with Crippen LogP contribution in [-0.2, 0) is 66.5 Å². The lowest BCUT2D eigenvalue weighted by molar-refractivity contribution is -0.129. The van der Waals surface area contributed by atoms with E-state index in [4.69, 9.17) is 57.8 Å². The molecule has 0 bridgehead atoms. The van der Waals surface area contributed by atoms with Gasteiger partial charge in [0.1, 0.15) is 12.4 Å². The average molecular weight is 840 g/mol. The molecule has 344 valence electrons. The van der Waals surface area contributed by atoms with Crippen LogP contribution in [0.5, 0.6) is 0 Å². The van der Waals surface area contributed by atoms with Crippen molar-refractivity contribution in [1.82, 2.24) is 10.6 Å². The molecule has 0 rings (SSSR count). The molecule has 0 aromatic carbocycles. The lowest BCUT2D eigenvalue weighted by atomic mass is 9.97. The van der Waals surface area contributed by atoms with Crippen molar-refractivity contribution in [1.29, 1.82) is 0 Å². The van der Waals surface area contributed by atoms with E-state index in [-0.39, 0.29) is 30.6 Å². The summed E-state index contributed by atoms with van der Waals surface area (Å²) in [4.78, 5) is 36.5. The monoisotopic (exact) mass is 840 g/mol. The Labute approximate surface area is 349 Å². The predicted octanol–water partition coefficient (Wildman–Crippen LogP) is 2.34. The van der Waals surface area contributed by atoms with Crippen molar-refractivity contribution in [3.63, 3.8) is 0 Å². The van der Waals surface area contributed by atoms with Gasteiger partial charge < -0.3 is 68.5 Å². The number of Topliss-reactive ketones (excluding diaryl/α,β-unsaturated/α-hetero) is 1. The molecule has 2 unspecified atom stereocenters. The van der Waals surface area contributed by atoms with Gasteiger partial charge in [-0.2, -0.15) is 0 Å². The third-order valence-corrected chi connectivity index (χ3v) is 8.25. The van der Waals surface area contributed by atoms with Crippen molar-refractivity contribution < 1.29 is 66.5 Å². The van der Waals surface area contributed by atoms with Crippen LogP contribution in [0.4, 0.5) is 0 Å². The molecular formula is C41H81N3O14. The number of carbonyl (C=O) groups excluding carboxylic acids is 3. The molecule has 17 heteroatoms. The molecule has 0 spiro atoms. The smallest absolute Gasteiger partial charge is 0.245 e. The Morgan fingerprint density at radius 1 is 0.466 bits per heavy atom. The fourth-order valence-electron chi connectivity index (χ4n) is 4.74. The fourth-order valence-corrected chi connectivity index (χ4v) is 4.74. The standard InChI is InChI=1S/C41H81N3O14/c1-5-6-13-48-14-15-49-16-17-50-18-19-51-20-21-52-22-23-53-24-25-54-26-27-55-28-29-56-30-31-57-32-33-58-35-40(46)43-11-8-7-9-38(42)39(45)34-37(4)41(47)44-12-10-36(2)3/h36-38H,5-35,42H2,1-4H3,(H,43,46)(H,44,47). The first-order chi connectivity index (χ1) is 28.3. The van der Waals surface area contributed by atoms with Gasteiger partial charge in [0.05, 0.1) is 138 Å². The molecule has 0 aliphatic heterocycles. The molecule has 0 aromatic heterocycles. The molecule has 4 N–H and O–H groups in total. The number of ketones is 1. The van der Waals surface area contributed by atoms with Crippen LogP contribution < -0.4 is 16.4 Å². The van der Waals surface area contributed by atoms with Gasteiger partial charge >= 0.3 is 0 Å². The molecule has 0 saturated carbocycles. The molecule has 0 aliphatic carbocycles. The highest BCUT2D eigenvalue weighted by molar-refractivity contribution is 5.89. The molecule has 17 nitrogen and oxygen atoms in total. The lowest BCUT2D eigenvalue weighted by Crippen LogP contribution is -2.36. The molecule has 0 aromatic rings. The molecule has 0 fully saturated rings. The summed E-state index contributed by atoms with van der Waals surface area (Å²) in [5.74, 6) is -0.340. The first-order valence-corrected chi connectivity index (χ1v) is 21.5. The maximum atomic E-state index is 12.4. The van der Waals surface area contributed by atoms with E-state index in [1.54, 1.807) is 6.92 Å². The average Bonchev–Trinajstić information content (AvgIpc) is 3.20. The summed E-state index contributed by atoms with van der Waals surface area (Å²) in [7, 11) is 0. The van der Waals surface area contributed by atoms with E-state index in [1.165, 1.54) is 0 Å². The minimum absolute atomic E-state index is 0.0551. The molecule has 2 atom stereocenters. The number of ether oxygens (including phenoxy) is 11. The molecule has 0 saturated heterocycles. The van der Waals surface area contributed by atoms with Crippen LogP contribution in [0.2, 0.25) is 0 Å².